The maximum absolute atomic E-state index is 5.88. The zero-order valence-corrected chi connectivity index (χ0v) is 7.30. The fraction of sp³-hybridized carbons (Fsp3) is 0.400. The van der Waals surface area contributed by atoms with E-state index < -0.39 is 0 Å². The first-order valence-electron chi connectivity index (χ1n) is 4.30. The van der Waals surface area contributed by atoms with Gasteiger partial charge in [-0.1, -0.05) is 28.7 Å². The van der Waals surface area contributed by atoms with Crippen LogP contribution < -0.4 is 11.2 Å². The second-order valence-corrected chi connectivity index (χ2v) is 3.66. The van der Waals surface area contributed by atoms with Crippen molar-refractivity contribution >= 4 is 13.3 Å². The van der Waals surface area contributed by atoms with Gasteiger partial charge in [-0.15, -0.1) is 0 Å². The van der Waals surface area contributed by atoms with Crippen molar-refractivity contribution < 1.29 is 0 Å². The van der Waals surface area contributed by atoms with E-state index in [4.69, 9.17) is 13.6 Å². The Labute approximate surface area is 74.4 Å². The van der Waals surface area contributed by atoms with Gasteiger partial charge in [-0.25, -0.2) is 0 Å². The van der Waals surface area contributed by atoms with E-state index in [1.807, 2.05) is 6.07 Å². The summed E-state index contributed by atoms with van der Waals surface area (Å²) in [7, 11) is 5.88. The Morgan fingerprint density at radius 1 is 1.42 bits per heavy atom. The molecule has 0 bridgehead atoms. The molecule has 1 aliphatic rings. The molecule has 1 aliphatic carbocycles. The highest BCUT2D eigenvalue weighted by atomic mass is 14.6. The van der Waals surface area contributed by atoms with Crippen molar-refractivity contribution in [3.05, 3.63) is 28.8 Å². The van der Waals surface area contributed by atoms with Crippen LogP contribution in [0.4, 0.5) is 0 Å². The number of aryl methyl sites for hydroxylation is 1. The molecule has 1 unspecified atom stereocenters. The Bertz CT molecular complexity index is 320. The molecule has 0 saturated heterocycles. The summed E-state index contributed by atoms with van der Waals surface area (Å²) >= 11 is 0. The van der Waals surface area contributed by atoms with Crippen molar-refractivity contribution in [3.8, 4) is 0 Å². The number of benzene rings is 1. The summed E-state index contributed by atoms with van der Waals surface area (Å²) in [6, 6.07) is 4.50. The quantitative estimate of drug-likeness (QED) is 0.535. The first-order valence-corrected chi connectivity index (χ1v) is 4.30. The molecule has 60 valence electrons. The van der Waals surface area contributed by atoms with Gasteiger partial charge >= 0.3 is 0 Å². The predicted molar refractivity (Wildman–Crippen MR) is 52.0 cm³/mol. The summed E-state index contributed by atoms with van der Waals surface area (Å²) < 4.78 is 0. The average molecular weight is 157 g/mol. The second kappa shape index (κ2) is 2.63. The summed E-state index contributed by atoms with van der Waals surface area (Å²) in [5, 5.41) is 0. The number of rotatable bonds is 0. The van der Waals surface area contributed by atoms with E-state index in [2.05, 4.69) is 13.0 Å². The van der Waals surface area contributed by atoms with Crippen LogP contribution in [0.15, 0.2) is 12.1 Å². The summed E-state index contributed by atoms with van der Waals surface area (Å²) in [4.78, 5) is 0. The largest absolute Gasteiger partial charge is 0.327 e. The van der Waals surface area contributed by atoms with Crippen molar-refractivity contribution in [2.75, 3.05) is 0 Å². The molecule has 1 aromatic carbocycles. The van der Waals surface area contributed by atoms with Gasteiger partial charge in [0.2, 0.25) is 0 Å². The van der Waals surface area contributed by atoms with E-state index in [0.717, 1.165) is 18.3 Å². The molecule has 1 aromatic rings. The van der Waals surface area contributed by atoms with Gasteiger partial charge in [-0.3, -0.25) is 0 Å². The highest BCUT2D eigenvalue weighted by Crippen LogP contribution is 2.19. The van der Waals surface area contributed by atoms with E-state index in [1.54, 1.807) is 0 Å². The van der Waals surface area contributed by atoms with Crippen LogP contribution in [0.1, 0.15) is 16.7 Å². The minimum atomic E-state index is 0.282. The lowest BCUT2D eigenvalue weighted by molar-refractivity contribution is 0.722. The molecular weight excluding hydrogens is 145 g/mol. The smallest absolute Gasteiger partial charge is 0.114 e. The van der Waals surface area contributed by atoms with Gasteiger partial charge in [0.05, 0.1) is 0 Å². The van der Waals surface area contributed by atoms with Crippen LogP contribution in [0.5, 0.6) is 0 Å². The van der Waals surface area contributed by atoms with Crippen LogP contribution in [0.2, 0.25) is 0 Å². The molecule has 0 fully saturated rings. The molecular formula is C10H12BN. The van der Waals surface area contributed by atoms with Crippen LogP contribution in [0, 0.1) is 6.92 Å². The lowest BCUT2D eigenvalue weighted by Gasteiger charge is -2.04. The van der Waals surface area contributed by atoms with Crippen molar-refractivity contribution in [2.45, 2.75) is 25.8 Å². The van der Waals surface area contributed by atoms with Gasteiger partial charge in [0.15, 0.2) is 0 Å². The topological polar surface area (TPSA) is 26.0 Å². The summed E-state index contributed by atoms with van der Waals surface area (Å²) in [5.41, 5.74) is 10.6. The van der Waals surface area contributed by atoms with E-state index in [1.165, 1.54) is 16.7 Å². The van der Waals surface area contributed by atoms with Gasteiger partial charge in [0, 0.05) is 6.04 Å². The standard InChI is InChI=1S/C10H12BN/c1-6-2-7-4-8(12)5-9(7)10(11)3-6/h2-3,8H,4-5,12H2,1H3. The van der Waals surface area contributed by atoms with E-state index in [-0.39, 0.29) is 6.04 Å². The molecule has 2 heteroatoms. The number of fused-ring (bicyclic) bond motifs is 1. The predicted octanol–water partition coefficient (Wildman–Crippen LogP) is 0.215. The van der Waals surface area contributed by atoms with Gasteiger partial charge in [0.1, 0.15) is 7.85 Å². The normalized spacial score (nSPS) is 21.0. The van der Waals surface area contributed by atoms with E-state index in [0.29, 0.717) is 0 Å². The number of hydrogen-bond acceptors (Lipinski definition) is 1. The van der Waals surface area contributed by atoms with E-state index >= 15 is 0 Å². The Balaban J connectivity index is 2.52. The lowest BCUT2D eigenvalue weighted by atomic mass is 9.87. The Hall–Kier alpha value is -0.755. The molecule has 0 aromatic heterocycles. The molecule has 0 spiro atoms. The van der Waals surface area contributed by atoms with Crippen molar-refractivity contribution in [1.82, 2.24) is 0 Å². The molecule has 1 nitrogen and oxygen atoms in total. The molecule has 2 radical (unpaired) electrons. The minimum absolute atomic E-state index is 0.282. The van der Waals surface area contributed by atoms with Crippen LogP contribution >= 0.6 is 0 Å². The van der Waals surface area contributed by atoms with E-state index in [9.17, 15) is 0 Å². The number of hydrogen-bond donors (Lipinski definition) is 1. The average Bonchev–Trinajstić information content (AvgIpc) is 2.29. The van der Waals surface area contributed by atoms with Gasteiger partial charge < -0.3 is 5.73 Å². The van der Waals surface area contributed by atoms with Crippen LogP contribution in [0.3, 0.4) is 0 Å². The molecule has 12 heavy (non-hydrogen) atoms. The molecule has 2 rings (SSSR count). The minimum Gasteiger partial charge on any atom is -0.327 e. The zero-order chi connectivity index (χ0) is 8.72. The highest BCUT2D eigenvalue weighted by molar-refractivity contribution is 6.33. The molecule has 1 atom stereocenters. The first-order chi connectivity index (χ1) is 5.66. The van der Waals surface area contributed by atoms with Gasteiger partial charge in [-0.2, -0.15) is 0 Å². The van der Waals surface area contributed by atoms with Crippen molar-refractivity contribution in [1.29, 1.82) is 0 Å². The Morgan fingerprint density at radius 2 is 2.17 bits per heavy atom. The maximum Gasteiger partial charge on any atom is 0.114 e. The molecule has 0 amide bonds. The third-order valence-electron chi connectivity index (χ3n) is 2.47. The van der Waals surface area contributed by atoms with Crippen LogP contribution in [0.25, 0.3) is 0 Å². The molecule has 2 N–H and O–H groups in total. The van der Waals surface area contributed by atoms with Gasteiger partial charge in [-0.05, 0) is 25.3 Å². The SMILES string of the molecule is [B]c1cc(C)cc2c1CC(N)C2. The fourth-order valence-corrected chi connectivity index (χ4v) is 1.97. The molecule has 0 saturated carbocycles. The fourth-order valence-electron chi connectivity index (χ4n) is 1.97. The summed E-state index contributed by atoms with van der Waals surface area (Å²) in [6.07, 6.45) is 1.93. The summed E-state index contributed by atoms with van der Waals surface area (Å²) in [6.45, 7) is 2.07. The van der Waals surface area contributed by atoms with Crippen LogP contribution in [-0.2, 0) is 12.8 Å². The zero-order valence-electron chi connectivity index (χ0n) is 7.30. The van der Waals surface area contributed by atoms with Crippen LogP contribution in [-0.4, -0.2) is 13.9 Å². The van der Waals surface area contributed by atoms with Crippen molar-refractivity contribution in [2.24, 2.45) is 5.73 Å². The third kappa shape index (κ3) is 1.16. The molecule has 0 heterocycles. The molecule has 0 aliphatic heterocycles. The first kappa shape index (κ1) is 7.87. The summed E-state index contributed by atoms with van der Waals surface area (Å²) in [5.74, 6) is 0. The lowest BCUT2D eigenvalue weighted by Crippen LogP contribution is -2.20. The number of nitrogens with two attached hydrogens (primary N) is 1. The van der Waals surface area contributed by atoms with Gasteiger partial charge in [0.25, 0.3) is 0 Å². The monoisotopic (exact) mass is 157 g/mol. The Kier molecular flexibility index (Phi) is 1.73. The second-order valence-electron chi connectivity index (χ2n) is 3.66. The Morgan fingerprint density at radius 3 is 2.92 bits per heavy atom. The van der Waals surface area contributed by atoms with Crippen molar-refractivity contribution in [3.63, 3.8) is 0 Å². The third-order valence-corrected chi connectivity index (χ3v) is 2.47. The maximum atomic E-state index is 5.88. The highest BCUT2D eigenvalue weighted by Gasteiger charge is 2.19.